The summed E-state index contributed by atoms with van der Waals surface area (Å²) in [5.41, 5.74) is 2.72. The molecule has 0 bridgehead atoms. The van der Waals surface area contributed by atoms with Crippen molar-refractivity contribution >= 4 is 5.91 Å². The van der Waals surface area contributed by atoms with Crippen molar-refractivity contribution in [1.29, 1.82) is 0 Å². The Kier molecular flexibility index (Phi) is 3.57. The molecule has 2 aromatic heterocycles. The van der Waals surface area contributed by atoms with Crippen LogP contribution in [0.5, 0.6) is 5.75 Å². The van der Waals surface area contributed by atoms with Crippen LogP contribution in [0.1, 0.15) is 16.2 Å². The van der Waals surface area contributed by atoms with Crippen LogP contribution in [0.2, 0.25) is 0 Å². The van der Waals surface area contributed by atoms with Gasteiger partial charge >= 0.3 is 0 Å². The molecule has 0 N–H and O–H groups in total. The van der Waals surface area contributed by atoms with Gasteiger partial charge in [0.05, 0.1) is 37.4 Å². The highest BCUT2D eigenvalue weighted by Crippen LogP contribution is 2.26. The standard InChI is InChI=1S/C18H17N3O3/c1-23-15-4-2-13(3-5-15)16-10-19-17-11-20(7-8-21(16)17)18(22)14-6-9-24-12-14/h2-6,9-10,12H,7-8,11H2,1H3. The molecule has 24 heavy (non-hydrogen) atoms. The number of nitrogens with zero attached hydrogens (tertiary/aromatic N) is 3. The summed E-state index contributed by atoms with van der Waals surface area (Å²) >= 11 is 0. The SMILES string of the molecule is COc1ccc(-c2cnc3n2CCN(C(=O)c2ccoc2)C3)cc1. The molecule has 1 aromatic carbocycles. The minimum absolute atomic E-state index is 0.0241. The zero-order chi connectivity index (χ0) is 16.5. The molecule has 1 amide bonds. The predicted octanol–water partition coefficient (Wildman–Crippen LogP) is 2.81. The van der Waals surface area contributed by atoms with E-state index in [0.29, 0.717) is 18.7 Å². The van der Waals surface area contributed by atoms with Crippen molar-refractivity contribution in [3.05, 3.63) is 60.4 Å². The van der Waals surface area contributed by atoms with E-state index in [1.54, 1.807) is 18.1 Å². The molecule has 1 aliphatic rings. The summed E-state index contributed by atoms with van der Waals surface area (Å²) in [5, 5.41) is 0. The molecule has 0 saturated heterocycles. The van der Waals surface area contributed by atoms with Gasteiger partial charge in [0, 0.05) is 18.7 Å². The Labute approximate surface area is 139 Å². The van der Waals surface area contributed by atoms with Crippen molar-refractivity contribution in [2.45, 2.75) is 13.1 Å². The molecule has 3 aromatic rings. The molecule has 0 aliphatic carbocycles. The molecule has 6 nitrogen and oxygen atoms in total. The summed E-state index contributed by atoms with van der Waals surface area (Å²) in [5.74, 6) is 1.70. The minimum atomic E-state index is -0.0241. The number of methoxy groups -OCH3 is 1. The van der Waals surface area contributed by atoms with Crippen molar-refractivity contribution in [3.8, 4) is 17.0 Å². The van der Waals surface area contributed by atoms with Crippen LogP contribution in [-0.4, -0.2) is 34.0 Å². The molecule has 1 aliphatic heterocycles. The maximum absolute atomic E-state index is 12.4. The third-order valence-electron chi connectivity index (χ3n) is 4.31. The monoisotopic (exact) mass is 323 g/mol. The Bertz CT molecular complexity index is 850. The lowest BCUT2D eigenvalue weighted by atomic mass is 10.1. The fourth-order valence-corrected chi connectivity index (χ4v) is 2.99. The van der Waals surface area contributed by atoms with Crippen LogP contribution in [-0.2, 0) is 13.1 Å². The summed E-state index contributed by atoms with van der Waals surface area (Å²) in [6.45, 7) is 1.87. The minimum Gasteiger partial charge on any atom is -0.497 e. The highest BCUT2D eigenvalue weighted by molar-refractivity contribution is 5.93. The Morgan fingerprint density at radius 3 is 2.75 bits per heavy atom. The lowest BCUT2D eigenvalue weighted by molar-refractivity contribution is 0.0707. The van der Waals surface area contributed by atoms with Crippen molar-refractivity contribution < 1.29 is 13.9 Å². The third-order valence-corrected chi connectivity index (χ3v) is 4.31. The summed E-state index contributed by atoms with van der Waals surface area (Å²) in [4.78, 5) is 18.7. The van der Waals surface area contributed by atoms with Crippen molar-refractivity contribution in [1.82, 2.24) is 14.5 Å². The lowest BCUT2D eigenvalue weighted by Gasteiger charge is -2.28. The van der Waals surface area contributed by atoms with Gasteiger partial charge < -0.3 is 18.6 Å². The highest BCUT2D eigenvalue weighted by Gasteiger charge is 2.25. The number of aromatic nitrogens is 2. The predicted molar refractivity (Wildman–Crippen MR) is 87.7 cm³/mol. The van der Waals surface area contributed by atoms with E-state index in [1.807, 2.05) is 30.5 Å². The molecule has 6 heteroatoms. The van der Waals surface area contributed by atoms with Crippen LogP contribution in [0.15, 0.2) is 53.5 Å². The van der Waals surface area contributed by atoms with Crippen LogP contribution in [0, 0.1) is 0 Å². The number of fused-ring (bicyclic) bond motifs is 1. The molecule has 4 rings (SSSR count). The van der Waals surface area contributed by atoms with Crippen molar-refractivity contribution in [3.63, 3.8) is 0 Å². The number of imidazole rings is 1. The van der Waals surface area contributed by atoms with Crippen LogP contribution in [0.25, 0.3) is 11.3 Å². The van der Waals surface area contributed by atoms with E-state index >= 15 is 0 Å². The third kappa shape index (κ3) is 2.46. The van der Waals surface area contributed by atoms with E-state index in [4.69, 9.17) is 9.15 Å². The molecular weight excluding hydrogens is 306 g/mol. The first-order valence-corrected chi connectivity index (χ1v) is 7.76. The summed E-state index contributed by atoms with van der Waals surface area (Å²) in [6.07, 6.45) is 4.86. The van der Waals surface area contributed by atoms with Gasteiger partial charge in [0.15, 0.2) is 0 Å². The van der Waals surface area contributed by atoms with Crippen molar-refractivity contribution in [2.24, 2.45) is 0 Å². The number of hydrogen-bond donors (Lipinski definition) is 0. The Balaban J connectivity index is 1.58. The lowest BCUT2D eigenvalue weighted by Crippen LogP contribution is -2.38. The number of rotatable bonds is 3. The summed E-state index contributed by atoms with van der Waals surface area (Å²) < 4.78 is 12.4. The zero-order valence-electron chi connectivity index (χ0n) is 13.3. The maximum atomic E-state index is 12.4. The molecule has 0 fully saturated rings. The maximum Gasteiger partial charge on any atom is 0.257 e. The van der Waals surface area contributed by atoms with E-state index in [0.717, 1.165) is 29.4 Å². The largest absolute Gasteiger partial charge is 0.497 e. The highest BCUT2D eigenvalue weighted by atomic mass is 16.5. The van der Waals surface area contributed by atoms with E-state index < -0.39 is 0 Å². The van der Waals surface area contributed by atoms with Gasteiger partial charge in [0.1, 0.15) is 17.8 Å². The van der Waals surface area contributed by atoms with Gasteiger partial charge in [0.2, 0.25) is 0 Å². The number of amides is 1. The molecule has 122 valence electrons. The Morgan fingerprint density at radius 1 is 1.21 bits per heavy atom. The molecule has 0 spiro atoms. The fraction of sp³-hybridized carbons (Fsp3) is 0.222. The zero-order valence-corrected chi connectivity index (χ0v) is 13.3. The van der Waals surface area contributed by atoms with Gasteiger partial charge in [-0.15, -0.1) is 0 Å². The summed E-state index contributed by atoms with van der Waals surface area (Å²) in [7, 11) is 1.65. The number of ether oxygens (including phenoxy) is 1. The molecule has 0 saturated carbocycles. The second-order valence-corrected chi connectivity index (χ2v) is 5.68. The van der Waals surface area contributed by atoms with E-state index in [1.165, 1.54) is 12.5 Å². The smallest absolute Gasteiger partial charge is 0.257 e. The van der Waals surface area contributed by atoms with E-state index in [-0.39, 0.29) is 5.91 Å². The number of benzene rings is 1. The van der Waals surface area contributed by atoms with Crippen LogP contribution in [0.4, 0.5) is 0 Å². The number of carbonyl (C=O) groups is 1. The summed E-state index contributed by atoms with van der Waals surface area (Å²) in [6, 6.07) is 9.60. The molecule has 0 unspecified atom stereocenters. The van der Waals surface area contributed by atoms with Gasteiger partial charge in [-0.2, -0.15) is 0 Å². The molecule has 0 radical (unpaired) electrons. The van der Waals surface area contributed by atoms with Crippen LogP contribution < -0.4 is 4.74 Å². The molecule has 3 heterocycles. The second-order valence-electron chi connectivity index (χ2n) is 5.68. The number of hydrogen-bond acceptors (Lipinski definition) is 4. The van der Waals surface area contributed by atoms with Gasteiger partial charge in [-0.1, -0.05) is 0 Å². The average molecular weight is 323 g/mol. The topological polar surface area (TPSA) is 60.5 Å². The molecule has 0 atom stereocenters. The van der Waals surface area contributed by atoms with Gasteiger partial charge in [-0.05, 0) is 30.3 Å². The van der Waals surface area contributed by atoms with Gasteiger partial charge in [-0.25, -0.2) is 4.98 Å². The second kappa shape index (κ2) is 5.88. The fourth-order valence-electron chi connectivity index (χ4n) is 2.99. The van der Waals surface area contributed by atoms with Gasteiger partial charge in [-0.3, -0.25) is 4.79 Å². The van der Waals surface area contributed by atoms with E-state index in [2.05, 4.69) is 9.55 Å². The quantitative estimate of drug-likeness (QED) is 0.743. The van der Waals surface area contributed by atoms with Crippen LogP contribution >= 0.6 is 0 Å². The number of carbonyl (C=O) groups excluding carboxylic acids is 1. The first kappa shape index (κ1) is 14.6. The average Bonchev–Trinajstić information content (AvgIpc) is 3.30. The normalized spacial score (nSPS) is 13.6. The Hall–Kier alpha value is -3.02. The first-order valence-electron chi connectivity index (χ1n) is 7.76. The van der Waals surface area contributed by atoms with E-state index in [9.17, 15) is 4.79 Å². The van der Waals surface area contributed by atoms with Crippen LogP contribution in [0.3, 0.4) is 0 Å². The molecular formula is C18H17N3O3. The number of furan rings is 1. The van der Waals surface area contributed by atoms with Gasteiger partial charge in [0.25, 0.3) is 5.91 Å². The Morgan fingerprint density at radius 2 is 2.04 bits per heavy atom. The van der Waals surface area contributed by atoms with Crippen molar-refractivity contribution in [2.75, 3.05) is 13.7 Å². The first-order chi connectivity index (χ1) is 11.8.